The number of benzene rings is 3. The molecule has 0 unspecified atom stereocenters. The van der Waals surface area contributed by atoms with Gasteiger partial charge in [0, 0.05) is 18.4 Å². The van der Waals surface area contributed by atoms with Crippen molar-refractivity contribution >= 4 is 23.3 Å². The van der Waals surface area contributed by atoms with Gasteiger partial charge in [-0.05, 0) is 59.5 Å². The number of rotatable bonds is 9. The minimum Gasteiger partial charge on any atom is -0.491 e. The molecule has 2 amide bonds. The standard InChI is InChI=1S/C31H26F4N4O3/c1-18-7-8-19(11-25(18)32)15-37-30(41)24-14-22(31(33,34)35)16-36-29(24)39-27(20-5-3-2-4-6-20)17-42-23-9-10-26-21(12-23)13-28(40)38-26/h2-12,14,16,27H,13,15,17H2,1H3,(H,36,39)(H,37,41)(H,38,40)/t27-/m0/s1. The first-order chi connectivity index (χ1) is 20.1. The molecule has 5 rings (SSSR count). The largest absolute Gasteiger partial charge is 0.491 e. The molecular weight excluding hydrogens is 552 g/mol. The van der Waals surface area contributed by atoms with Crippen LogP contribution < -0.4 is 20.7 Å². The summed E-state index contributed by atoms with van der Waals surface area (Å²) in [6.07, 6.45) is -3.84. The molecule has 0 radical (unpaired) electrons. The van der Waals surface area contributed by atoms with E-state index in [4.69, 9.17) is 4.74 Å². The van der Waals surface area contributed by atoms with Gasteiger partial charge in [0.1, 0.15) is 24.0 Å². The molecule has 0 spiro atoms. The summed E-state index contributed by atoms with van der Waals surface area (Å²) in [4.78, 5) is 28.9. The van der Waals surface area contributed by atoms with Crippen molar-refractivity contribution in [3.8, 4) is 5.75 Å². The second-order valence-electron chi connectivity index (χ2n) is 9.85. The van der Waals surface area contributed by atoms with Gasteiger partial charge in [0.2, 0.25) is 5.91 Å². The third kappa shape index (κ3) is 6.68. The molecule has 0 saturated carbocycles. The Labute approximate surface area is 238 Å². The van der Waals surface area contributed by atoms with E-state index in [1.54, 1.807) is 49.4 Å². The Kier molecular flexibility index (Phi) is 8.10. The average molecular weight is 579 g/mol. The van der Waals surface area contributed by atoms with Gasteiger partial charge in [-0.25, -0.2) is 9.37 Å². The van der Waals surface area contributed by atoms with Crippen LogP contribution in [0.15, 0.2) is 79.0 Å². The van der Waals surface area contributed by atoms with Crippen molar-refractivity contribution in [2.45, 2.75) is 32.1 Å². The highest BCUT2D eigenvalue weighted by atomic mass is 19.4. The smallest absolute Gasteiger partial charge is 0.417 e. The highest BCUT2D eigenvalue weighted by Crippen LogP contribution is 2.32. The number of carbonyl (C=O) groups is 2. The quantitative estimate of drug-likeness (QED) is 0.206. The van der Waals surface area contributed by atoms with Gasteiger partial charge in [-0.3, -0.25) is 9.59 Å². The van der Waals surface area contributed by atoms with Crippen molar-refractivity contribution in [2.24, 2.45) is 0 Å². The zero-order chi connectivity index (χ0) is 29.9. The van der Waals surface area contributed by atoms with Crippen LogP contribution in [-0.4, -0.2) is 23.4 Å². The van der Waals surface area contributed by atoms with Gasteiger partial charge in [-0.2, -0.15) is 13.2 Å². The molecule has 7 nitrogen and oxygen atoms in total. The first kappa shape index (κ1) is 28.6. The molecule has 11 heteroatoms. The third-order valence-electron chi connectivity index (χ3n) is 6.78. The average Bonchev–Trinajstić information content (AvgIpc) is 3.35. The molecular formula is C31H26F4N4O3. The fraction of sp³-hybridized carbons (Fsp3) is 0.194. The highest BCUT2D eigenvalue weighted by molar-refractivity contribution is 5.99. The number of aryl methyl sites for hydroxylation is 1. The second-order valence-corrected chi connectivity index (χ2v) is 9.85. The van der Waals surface area contributed by atoms with Gasteiger partial charge in [0.15, 0.2) is 0 Å². The summed E-state index contributed by atoms with van der Waals surface area (Å²) in [5.74, 6) is -0.978. The van der Waals surface area contributed by atoms with E-state index in [9.17, 15) is 27.2 Å². The van der Waals surface area contributed by atoms with Gasteiger partial charge >= 0.3 is 6.18 Å². The van der Waals surface area contributed by atoms with Crippen molar-refractivity contribution in [3.63, 3.8) is 0 Å². The maximum atomic E-state index is 14.0. The number of aromatic nitrogens is 1. The van der Waals surface area contributed by atoms with E-state index in [1.165, 1.54) is 6.07 Å². The molecule has 2 heterocycles. The van der Waals surface area contributed by atoms with Crippen LogP contribution in [0.25, 0.3) is 0 Å². The van der Waals surface area contributed by atoms with Crippen LogP contribution in [0.3, 0.4) is 0 Å². The minimum absolute atomic E-state index is 0.0244. The van der Waals surface area contributed by atoms with E-state index in [2.05, 4.69) is 20.9 Å². The summed E-state index contributed by atoms with van der Waals surface area (Å²) < 4.78 is 60.7. The van der Waals surface area contributed by atoms with E-state index in [0.717, 1.165) is 17.2 Å². The minimum atomic E-state index is -4.73. The lowest BCUT2D eigenvalue weighted by molar-refractivity contribution is -0.137. The van der Waals surface area contributed by atoms with Crippen molar-refractivity contribution in [1.29, 1.82) is 0 Å². The Morgan fingerprint density at radius 2 is 1.86 bits per heavy atom. The Morgan fingerprint density at radius 3 is 2.60 bits per heavy atom. The number of carbonyl (C=O) groups excluding carboxylic acids is 2. The Hall–Kier alpha value is -4.93. The molecule has 4 aromatic rings. The molecule has 1 aromatic heterocycles. The predicted octanol–water partition coefficient (Wildman–Crippen LogP) is 6.20. The summed E-state index contributed by atoms with van der Waals surface area (Å²) >= 11 is 0. The Morgan fingerprint density at radius 1 is 1.07 bits per heavy atom. The zero-order valence-corrected chi connectivity index (χ0v) is 22.4. The molecule has 1 aliphatic rings. The SMILES string of the molecule is Cc1ccc(CNC(=O)c2cc(C(F)(F)F)cnc2N[C@@H](COc2ccc3c(c2)CC(=O)N3)c2ccccc2)cc1F. The van der Waals surface area contributed by atoms with Crippen molar-refractivity contribution < 1.29 is 31.9 Å². The molecule has 0 bridgehead atoms. The fourth-order valence-corrected chi connectivity index (χ4v) is 4.48. The van der Waals surface area contributed by atoms with Gasteiger partial charge in [-0.15, -0.1) is 0 Å². The number of hydrogen-bond acceptors (Lipinski definition) is 5. The number of fused-ring (bicyclic) bond motifs is 1. The highest BCUT2D eigenvalue weighted by Gasteiger charge is 2.33. The Bertz CT molecular complexity index is 1630. The number of nitrogens with zero attached hydrogens (tertiary/aromatic N) is 1. The second kappa shape index (κ2) is 11.9. The molecule has 1 atom stereocenters. The van der Waals surface area contributed by atoms with Crippen LogP contribution in [0.5, 0.6) is 5.75 Å². The molecule has 216 valence electrons. The molecule has 3 N–H and O–H groups in total. The monoisotopic (exact) mass is 578 g/mol. The number of anilines is 2. The summed E-state index contributed by atoms with van der Waals surface area (Å²) in [5, 5.41) is 8.39. The lowest BCUT2D eigenvalue weighted by atomic mass is 10.1. The van der Waals surface area contributed by atoms with Gasteiger partial charge < -0.3 is 20.7 Å². The summed E-state index contributed by atoms with van der Waals surface area (Å²) in [5.41, 5.74) is 1.69. The van der Waals surface area contributed by atoms with Crippen LogP contribution in [0.1, 0.15) is 44.2 Å². The van der Waals surface area contributed by atoms with Crippen molar-refractivity contribution in [3.05, 3.63) is 118 Å². The number of pyridine rings is 1. The summed E-state index contributed by atoms with van der Waals surface area (Å²) in [7, 11) is 0. The van der Waals surface area contributed by atoms with Crippen LogP contribution in [0.4, 0.5) is 29.1 Å². The Balaban J connectivity index is 1.40. The van der Waals surface area contributed by atoms with Crippen molar-refractivity contribution in [1.82, 2.24) is 10.3 Å². The van der Waals surface area contributed by atoms with Crippen LogP contribution in [0, 0.1) is 12.7 Å². The van der Waals surface area contributed by atoms with E-state index in [-0.39, 0.29) is 36.9 Å². The van der Waals surface area contributed by atoms with Crippen LogP contribution >= 0.6 is 0 Å². The first-order valence-electron chi connectivity index (χ1n) is 13.0. The topological polar surface area (TPSA) is 92.3 Å². The summed E-state index contributed by atoms with van der Waals surface area (Å²) in [6, 6.07) is 18.7. The molecule has 0 saturated heterocycles. The molecule has 0 fully saturated rings. The number of halogens is 4. The van der Waals surface area contributed by atoms with Crippen LogP contribution in [0.2, 0.25) is 0 Å². The number of nitrogens with one attached hydrogen (secondary N) is 3. The van der Waals surface area contributed by atoms with Crippen LogP contribution in [-0.2, 0) is 23.9 Å². The number of alkyl halides is 3. The maximum absolute atomic E-state index is 14.0. The predicted molar refractivity (Wildman–Crippen MR) is 149 cm³/mol. The van der Waals surface area contributed by atoms with Gasteiger partial charge in [-0.1, -0.05) is 42.5 Å². The van der Waals surface area contributed by atoms with E-state index in [0.29, 0.717) is 28.8 Å². The van der Waals surface area contributed by atoms with Gasteiger partial charge in [0.05, 0.1) is 23.6 Å². The fourth-order valence-electron chi connectivity index (χ4n) is 4.48. The number of hydrogen-bond donors (Lipinski definition) is 3. The molecule has 42 heavy (non-hydrogen) atoms. The molecule has 3 aromatic carbocycles. The lowest BCUT2D eigenvalue weighted by Crippen LogP contribution is -2.27. The lowest BCUT2D eigenvalue weighted by Gasteiger charge is -2.22. The first-order valence-corrected chi connectivity index (χ1v) is 13.0. The van der Waals surface area contributed by atoms with E-state index in [1.807, 2.05) is 18.2 Å². The number of amides is 2. The molecule has 1 aliphatic heterocycles. The van der Waals surface area contributed by atoms with Crippen molar-refractivity contribution in [2.75, 3.05) is 17.2 Å². The molecule has 0 aliphatic carbocycles. The maximum Gasteiger partial charge on any atom is 0.417 e. The third-order valence-corrected chi connectivity index (χ3v) is 6.78. The van der Waals surface area contributed by atoms with E-state index < -0.39 is 29.5 Å². The van der Waals surface area contributed by atoms with Gasteiger partial charge in [0.25, 0.3) is 5.91 Å². The zero-order valence-electron chi connectivity index (χ0n) is 22.4. The van der Waals surface area contributed by atoms with E-state index >= 15 is 0 Å². The number of ether oxygens (including phenoxy) is 1. The summed E-state index contributed by atoms with van der Waals surface area (Å²) in [6.45, 7) is 1.52. The normalized spacial score (nSPS) is 13.2.